The molecule has 0 bridgehead atoms. The minimum Gasteiger partial charge on any atom is -0.460 e. The number of fused-ring (bicyclic) bond motifs is 3. The van der Waals surface area contributed by atoms with E-state index in [2.05, 4.69) is 27.2 Å². The number of rotatable bonds is 3. The lowest BCUT2D eigenvalue weighted by Crippen LogP contribution is -2.29. The van der Waals surface area contributed by atoms with E-state index in [9.17, 15) is 0 Å². The summed E-state index contributed by atoms with van der Waals surface area (Å²) in [6, 6.07) is 16.3. The Morgan fingerprint density at radius 1 is 1.04 bits per heavy atom. The van der Waals surface area contributed by atoms with Gasteiger partial charge in [-0.1, -0.05) is 18.2 Å². The minimum atomic E-state index is 0.280. The molecule has 1 N–H and O–H groups in total. The number of benzene rings is 2. The first kappa shape index (κ1) is 15.8. The molecule has 0 fully saturated rings. The van der Waals surface area contributed by atoms with Crippen LogP contribution < -0.4 is 9.47 Å². The van der Waals surface area contributed by atoms with Gasteiger partial charge in [-0.15, -0.1) is 0 Å². The van der Waals surface area contributed by atoms with Gasteiger partial charge in [-0.25, -0.2) is 0 Å². The van der Waals surface area contributed by atoms with Crippen LogP contribution in [0.15, 0.2) is 52.9 Å². The van der Waals surface area contributed by atoms with Gasteiger partial charge >= 0.3 is 0 Å². The van der Waals surface area contributed by atoms with E-state index in [1.807, 2.05) is 36.4 Å². The van der Waals surface area contributed by atoms with E-state index < -0.39 is 0 Å². The van der Waals surface area contributed by atoms with Crippen LogP contribution in [0, 0.1) is 0 Å². The third-order valence-corrected chi connectivity index (χ3v) is 5.51. The summed E-state index contributed by atoms with van der Waals surface area (Å²) in [6.45, 7) is 2.89. The molecule has 2 aliphatic rings. The van der Waals surface area contributed by atoms with E-state index in [0.717, 1.165) is 65.5 Å². The summed E-state index contributed by atoms with van der Waals surface area (Å²) in [5.74, 6) is 2.57. The average Bonchev–Trinajstić information content (AvgIpc) is 3.44. The maximum absolute atomic E-state index is 6.01. The van der Waals surface area contributed by atoms with E-state index in [-0.39, 0.29) is 6.79 Å². The number of aromatic nitrogens is 2. The zero-order valence-corrected chi connectivity index (χ0v) is 15.3. The molecule has 28 heavy (non-hydrogen) atoms. The predicted molar refractivity (Wildman–Crippen MR) is 104 cm³/mol. The van der Waals surface area contributed by atoms with Crippen LogP contribution in [-0.2, 0) is 19.5 Å². The minimum absolute atomic E-state index is 0.280. The van der Waals surface area contributed by atoms with Gasteiger partial charge in [-0.05, 0) is 30.3 Å². The van der Waals surface area contributed by atoms with Gasteiger partial charge in [0.15, 0.2) is 11.5 Å². The monoisotopic (exact) mass is 373 g/mol. The highest BCUT2D eigenvalue weighted by Crippen LogP contribution is 2.37. The van der Waals surface area contributed by atoms with E-state index in [1.165, 1.54) is 11.3 Å². The Bertz CT molecular complexity index is 1140. The van der Waals surface area contributed by atoms with Crippen molar-refractivity contribution in [3.05, 3.63) is 65.5 Å². The zero-order valence-electron chi connectivity index (χ0n) is 15.3. The Labute approximate surface area is 161 Å². The molecule has 4 aromatic rings. The van der Waals surface area contributed by atoms with Gasteiger partial charge in [0, 0.05) is 41.7 Å². The maximum Gasteiger partial charge on any atom is 0.231 e. The standard InChI is InChI=1S/C22H19N3O3/c1-2-4-19-14(3-1)9-16(28-19)11-25-8-7-18-17(12-25)22(24-23-18)15-5-6-20-21(10-15)27-13-26-20/h1-6,9-10H,7-8,11-13H2,(H,23,24). The highest BCUT2D eigenvalue weighted by atomic mass is 16.7. The molecule has 0 unspecified atom stereocenters. The molecular weight excluding hydrogens is 354 g/mol. The molecule has 6 heteroatoms. The molecule has 0 saturated heterocycles. The first-order chi connectivity index (χ1) is 13.8. The Morgan fingerprint density at radius 2 is 1.96 bits per heavy atom. The molecule has 0 saturated carbocycles. The molecule has 0 amide bonds. The fourth-order valence-electron chi connectivity index (χ4n) is 4.10. The number of hydrogen-bond donors (Lipinski definition) is 1. The lowest BCUT2D eigenvalue weighted by atomic mass is 10.0. The molecule has 2 aliphatic heterocycles. The largest absolute Gasteiger partial charge is 0.460 e. The van der Waals surface area contributed by atoms with E-state index in [0.29, 0.717) is 0 Å². The van der Waals surface area contributed by atoms with Crippen LogP contribution in [0.4, 0.5) is 0 Å². The summed E-state index contributed by atoms with van der Waals surface area (Å²) < 4.78 is 17.0. The van der Waals surface area contributed by atoms with Gasteiger partial charge in [-0.2, -0.15) is 5.10 Å². The Kier molecular flexibility index (Phi) is 3.46. The van der Waals surface area contributed by atoms with Crippen molar-refractivity contribution >= 4 is 11.0 Å². The molecule has 6 nitrogen and oxygen atoms in total. The van der Waals surface area contributed by atoms with E-state index in [1.54, 1.807) is 0 Å². The average molecular weight is 373 g/mol. The number of nitrogens with zero attached hydrogens (tertiary/aromatic N) is 2. The van der Waals surface area contributed by atoms with Gasteiger partial charge < -0.3 is 13.9 Å². The van der Waals surface area contributed by atoms with Gasteiger partial charge in [0.1, 0.15) is 11.3 Å². The smallest absolute Gasteiger partial charge is 0.231 e. The number of ether oxygens (including phenoxy) is 2. The summed E-state index contributed by atoms with van der Waals surface area (Å²) >= 11 is 0. The highest BCUT2D eigenvalue weighted by molar-refractivity contribution is 5.77. The normalized spacial score (nSPS) is 15.9. The molecule has 6 rings (SSSR count). The lowest BCUT2D eigenvalue weighted by Gasteiger charge is -2.26. The maximum atomic E-state index is 6.01. The summed E-state index contributed by atoms with van der Waals surface area (Å²) in [5, 5.41) is 8.98. The SMILES string of the molecule is c1ccc2oc(CN3CCc4[nH]nc(-c5ccc6c(c5)OCO6)c4C3)cc2c1. The molecule has 0 radical (unpaired) electrons. The molecule has 2 aromatic heterocycles. The van der Waals surface area contributed by atoms with Crippen molar-refractivity contribution < 1.29 is 13.9 Å². The zero-order chi connectivity index (χ0) is 18.5. The number of hydrogen-bond acceptors (Lipinski definition) is 5. The molecule has 140 valence electrons. The Morgan fingerprint density at radius 3 is 2.93 bits per heavy atom. The van der Waals surface area contributed by atoms with Crippen LogP contribution in [0.2, 0.25) is 0 Å². The summed E-state index contributed by atoms with van der Waals surface area (Å²) in [4.78, 5) is 2.41. The Hall–Kier alpha value is -3.25. The quantitative estimate of drug-likeness (QED) is 0.586. The third kappa shape index (κ3) is 2.57. The van der Waals surface area contributed by atoms with Crippen molar-refractivity contribution in [3.63, 3.8) is 0 Å². The number of H-pyrrole nitrogens is 1. The first-order valence-electron chi connectivity index (χ1n) is 9.49. The number of furan rings is 1. The van der Waals surface area contributed by atoms with Crippen LogP contribution >= 0.6 is 0 Å². The van der Waals surface area contributed by atoms with Crippen LogP contribution in [0.25, 0.3) is 22.2 Å². The van der Waals surface area contributed by atoms with E-state index >= 15 is 0 Å². The number of para-hydroxylation sites is 1. The first-order valence-corrected chi connectivity index (χ1v) is 9.49. The summed E-state index contributed by atoms with van der Waals surface area (Å²) in [5.41, 5.74) is 5.45. The van der Waals surface area contributed by atoms with Crippen molar-refractivity contribution in [2.24, 2.45) is 0 Å². The second-order valence-electron chi connectivity index (χ2n) is 7.31. The Balaban J connectivity index is 1.28. The van der Waals surface area contributed by atoms with Gasteiger partial charge in [0.25, 0.3) is 0 Å². The predicted octanol–water partition coefficient (Wildman–Crippen LogP) is 4.11. The van der Waals surface area contributed by atoms with Gasteiger partial charge in [0.05, 0.1) is 12.2 Å². The number of nitrogens with one attached hydrogen (secondary N) is 1. The topological polar surface area (TPSA) is 63.5 Å². The van der Waals surface area contributed by atoms with Crippen LogP contribution in [0.3, 0.4) is 0 Å². The van der Waals surface area contributed by atoms with Crippen molar-refractivity contribution in [1.82, 2.24) is 15.1 Å². The van der Waals surface area contributed by atoms with Crippen molar-refractivity contribution in [3.8, 4) is 22.8 Å². The molecular formula is C22H19N3O3. The van der Waals surface area contributed by atoms with Crippen molar-refractivity contribution in [2.75, 3.05) is 13.3 Å². The van der Waals surface area contributed by atoms with Crippen molar-refractivity contribution in [1.29, 1.82) is 0 Å². The summed E-state index contributed by atoms with van der Waals surface area (Å²) in [6.07, 6.45) is 0.952. The molecule has 0 aliphatic carbocycles. The van der Waals surface area contributed by atoms with Crippen LogP contribution in [0.5, 0.6) is 11.5 Å². The lowest BCUT2D eigenvalue weighted by molar-refractivity contribution is 0.174. The molecule has 2 aromatic carbocycles. The summed E-state index contributed by atoms with van der Waals surface area (Å²) in [7, 11) is 0. The number of aromatic amines is 1. The fourth-order valence-corrected chi connectivity index (χ4v) is 4.10. The highest BCUT2D eigenvalue weighted by Gasteiger charge is 2.24. The molecule has 4 heterocycles. The fraction of sp³-hybridized carbons (Fsp3) is 0.227. The van der Waals surface area contributed by atoms with Crippen molar-refractivity contribution in [2.45, 2.75) is 19.5 Å². The van der Waals surface area contributed by atoms with Crippen LogP contribution in [0.1, 0.15) is 17.0 Å². The molecule has 0 spiro atoms. The molecule has 0 atom stereocenters. The van der Waals surface area contributed by atoms with Gasteiger partial charge in [0.2, 0.25) is 6.79 Å². The second-order valence-corrected chi connectivity index (χ2v) is 7.31. The van der Waals surface area contributed by atoms with Crippen LogP contribution in [-0.4, -0.2) is 28.4 Å². The van der Waals surface area contributed by atoms with Gasteiger partial charge in [-0.3, -0.25) is 10.00 Å². The second kappa shape index (κ2) is 6.14. The van der Waals surface area contributed by atoms with E-state index in [4.69, 9.17) is 13.9 Å². The third-order valence-electron chi connectivity index (χ3n) is 5.51.